The molecular weight excluding hydrogens is 204 g/mol. The molecule has 82 valence electrons. The van der Waals surface area contributed by atoms with Crippen LogP contribution in [0.3, 0.4) is 0 Å². The second-order valence-corrected chi connectivity index (χ2v) is 3.70. The third-order valence-electron chi connectivity index (χ3n) is 2.44. The molecular formula is C12H12N2O2. The van der Waals surface area contributed by atoms with Crippen LogP contribution in [0.2, 0.25) is 0 Å². The van der Waals surface area contributed by atoms with Crippen molar-refractivity contribution in [2.75, 3.05) is 0 Å². The molecule has 0 spiro atoms. The van der Waals surface area contributed by atoms with Crippen LogP contribution in [0, 0.1) is 0 Å². The standard InChI is InChI=1S/C12H12N2O2/c1-9(15)6-7-14-11-5-3-2-4-10(11)12(16)8-13-14/h2-5,8H,6-7H2,1H3. The van der Waals surface area contributed by atoms with E-state index in [9.17, 15) is 9.59 Å². The smallest absolute Gasteiger partial charge is 0.207 e. The van der Waals surface area contributed by atoms with Gasteiger partial charge in [0.2, 0.25) is 5.43 Å². The summed E-state index contributed by atoms with van der Waals surface area (Å²) in [6, 6.07) is 7.28. The van der Waals surface area contributed by atoms with Gasteiger partial charge in [0.15, 0.2) is 0 Å². The van der Waals surface area contributed by atoms with E-state index >= 15 is 0 Å². The summed E-state index contributed by atoms with van der Waals surface area (Å²) in [7, 11) is 0. The highest BCUT2D eigenvalue weighted by molar-refractivity contribution is 5.78. The lowest BCUT2D eigenvalue weighted by atomic mass is 10.2. The Bertz CT molecular complexity index is 587. The van der Waals surface area contributed by atoms with Gasteiger partial charge in [0.05, 0.1) is 11.7 Å². The highest BCUT2D eigenvalue weighted by atomic mass is 16.1. The number of aryl methyl sites for hydroxylation is 1. The molecule has 0 unspecified atom stereocenters. The molecule has 0 fully saturated rings. The van der Waals surface area contributed by atoms with Gasteiger partial charge in [-0.25, -0.2) is 0 Å². The molecule has 0 aliphatic carbocycles. The van der Waals surface area contributed by atoms with Crippen molar-refractivity contribution in [2.45, 2.75) is 19.9 Å². The van der Waals surface area contributed by atoms with Gasteiger partial charge in [-0.1, -0.05) is 12.1 Å². The fourth-order valence-electron chi connectivity index (χ4n) is 1.60. The summed E-state index contributed by atoms with van der Waals surface area (Å²) in [5.74, 6) is 0.115. The highest BCUT2D eigenvalue weighted by Gasteiger charge is 2.03. The zero-order valence-electron chi connectivity index (χ0n) is 9.01. The van der Waals surface area contributed by atoms with Crippen LogP contribution in [0.1, 0.15) is 13.3 Å². The van der Waals surface area contributed by atoms with Crippen molar-refractivity contribution in [2.24, 2.45) is 0 Å². The average molecular weight is 216 g/mol. The number of rotatable bonds is 3. The number of para-hydroxylation sites is 1. The quantitative estimate of drug-likeness (QED) is 0.778. The molecule has 1 aromatic heterocycles. The lowest BCUT2D eigenvalue weighted by molar-refractivity contribution is -0.117. The lowest BCUT2D eigenvalue weighted by Crippen LogP contribution is -2.13. The maximum Gasteiger partial charge on any atom is 0.207 e. The molecule has 2 aromatic rings. The zero-order chi connectivity index (χ0) is 11.5. The van der Waals surface area contributed by atoms with Gasteiger partial charge in [-0.3, -0.25) is 14.3 Å². The maximum atomic E-state index is 11.5. The van der Waals surface area contributed by atoms with Crippen LogP contribution >= 0.6 is 0 Å². The molecule has 4 heteroatoms. The van der Waals surface area contributed by atoms with Gasteiger partial charge in [-0.2, -0.15) is 5.10 Å². The summed E-state index contributed by atoms with van der Waals surface area (Å²) in [4.78, 5) is 22.4. The normalized spacial score (nSPS) is 10.6. The van der Waals surface area contributed by atoms with E-state index in [2.05, 4.69) is 5.10 Å². The maximum absolute atomic E-state index is 11.5. The molecule has 0 saturated carbocycles. The number of carbonyl (C=O) groups is 1. The van der Waals surface area contributed by atoms with Gasteiger partial charge >= 0.3 is 0 Å². The Labute approximate surface area is 92.5 Å². The van der Waals surface area contributed by atoms with E-state index in [-0.39, 0.29) is 11.2 Å². The number of nitrogens with zero attached hydrogens (tertiary/aromatic N) is 2. The Morgan fingerprint density at radius 2 is 2.12 bits per heavy atom. The van der Waals surface area contributed by atoms with Gasteiger partial charge in [0.1, 0.15) is 5.78 Å². The average Bonchev–Trinajstić information content (AvgIpc) is 2.28. The molecule has 0 bridgehead atoms. The van der Waals surface area contributed by atoms with Crippen LogP contribution in [0.5, 0.6) is 0 Å². The minimum atomic E-state index is -0.0883. The van der Waals surface area contributed by atoms with Crippen LogP contribution in [0.15, 0.2) is 35.3 Å². The molecule has 16 heavy (non-hydrogen) atoms. The van der Waals surface area contributed by atoms with Crippen molar-refractivity contribution in [3.63, 3.8) is 0 Å². The summed E-state index contributed by atoms with van der Waals surface area (Å²) in [6.07, 6.45) is 1.72. The van der Waals surface area contributed by atoms with Crippen molar-refractivity contribution < 1.29 is 4.79 Å². The number of hydrogen-bond donors (Lipinski definition) is 0. The van der Waals surface area contributed by atoms with Crippen molar-refractivity contribution >= 4 is 16.7 Å². The summed E-state index contributed by atoms with van der Waals surface area (Å²) in [5.41, 5.74) is 0.686. The molecule has 0 aliphatic rings. The number of carbonyl (C=O) groups excluding carboxylic acids is 1. The van der Waals surface area contributed by atoms with Crippen LogP contribution < -0.4 is 5.43 Å². The third kappa shape index (κ3) is 2.00. The second-order valence-electron chi connectivity index (χ2n) is 3.70. The Morgan fingerprint density at radius 1 is 1.38 bits per heavy atom. The Balaban J connectivity index is 2.50. The van der Waals surface area contributed by atoms with E-state index in [1.54, 1.807) is 17.7 Å². The van der Waals surface area contributed by atoms with Gasteiger partial charge in [-0.15, -0.1) is 0 Å². The summed E-state index contributed by atoms with van der Waals surface area (Å²) in [6.45, 7) is 2.06. The Hall–Kier alpha value is -1.97. The van der Waals surface area contributed by atoms with Gasteiger partial charge in [0.25, 0.3) is 0 Å². The molecule has 0 aliphatic heterocycles. The molecule has 4 nitrogen and oxygen atoms in total. The van der Waals surface area contributed by atoms with E-state index in [0.29, 0.717) is 18.4 Å². The first-order chi connectivity index (χ1) is 7.68. The van der Waals surface area contributed by atoms with Gasteiger partial charge in [-0.05, 0) is 19.1 Å². The molecule has 2 rings (SSSR count). The SMILES string of the molecule is CC(=O)CCn1ncc(=O)c2ccccc21. The van der Waals surface area contributed by atoms with Crippen molar-refractivity contribution in [3.8, 4) is 0 Å². The molecule has 0 atom stereocenters. The zero-order valence-corrected chi connectivity index (χ0v) is 9.01. The van der Waals surface area contributed by atoms with Crippen LogP contribution in [0.4, 0.5) is 0 Å². The Morgan fingerprint density at radius 3 is 2.88 bits per heavy atom. The number of fused-ring (bicyclic) bond motifs is 1. The second kappa shape index (κ2) is 4.26. The van der Waals surface area contributed by atoms with E-state index in [0.717, 1.165) is 5.52 Å². The van der Waals surface area contributed by atoms with Crippen molar-refractivity contribution in [3.05, 3.63) is 40.7 Å². The van der Waals surface area contributed by atoms with E-state index in [1.165, 1.54) is 6.20 Å². The van der Waals surface area contributed by atoms with Crippen molar-refractivity contribution in [1.29, 1.82) is 0 Å². The van der Waals surface area contributed by atoms with E-state index < -0.39 is 0 Å². The molecule has 0 saturated heterocycles. The predicted octanol–water partition coefficient (Wildman–Crippen LogP) is 1.38. The van der Waals surface area contributed by atoms with Gasteiger partial charge < -0.3 is 0 Å². The first kappa shape index (κ1) is 10.5. The van der Waals surface area contributed by atoms with Crippen molar-refractivity contribution in [1.82, 2.24) is 9.78 Å². The third-order valence-corrected chi connectivity index (χ3v) is 2.44. The first-order valence-corrected chi connectivity index (χ1v) is 5.13. The van der Waals surface area contributed by atoms with Gasteiger partial charge in [0, 0.05) is 18.4 Å². The fraction of sp³-hybridized carbons (Fsp3) is 0.250. The minimum absolute atomic E-state index is 0.0883. The fourth-order valence-corrected chi connectivity index (χ4v) is 1.60. The number of ketones is 1. The van der Waals surface area contributed by atoms with Crippen LogP contribution in [-0.4, -0.2) is 15.6 Å². The van der Waals surface area contributed by atoms with E-state index in [1.807, 2.05) is 18.2 Å². The monoisotopic (exact) mass is 216 g/mol. The minimum Gasteiger partial charge on any atom is -0.300 e. The molecule has 0 radical (unpaired) electrons. The summed E-state index contributed by atoms with van der Waals surface area (Å²) < 4.78 is 1.69. The predicted molar refractivity (Wildman–Crippen MR) is 61.3 cm³/mol. The Kier molecular flexibility index (Phi) is 2.81. The molecule has 1 aromatic carbocycles. The largest absolute Gasteiger partial charge is 0.300 e. The molecule has 1 heterocycles. The number of hydrogen-bond acceptors (Lipinski definition) is 3. The summed E-state index contributed by atoms with van der Waals surface area (Å²) >= 11 is 0. The van der Waals surface area contributed by atoms with E-state index in [4.69, 9.17) is 0 Å². The highest BCUT2D eigenvalue weighted by Crippen LogP contribution is 2.08. The molecule has 0 N–H and O–H groups in total. The van der Waals surface area contributed by atoms with Crippen LogP contribution in [-0.2, 0) is 11.3 Å². The number of aromatic nitrogens is 2. The number of benzene rings is 1. The summed E-state index contributed by atoms with van der Waals surface area (Å²) in [5, 5.41) is 4.67. The first-order valence-electron chi connectivity index (χ1n) is 5.13. The number of Topliss-reactive ketones (excluding diaryl/α,β-unsaturated/α-hetero) is 1. The molecule has 0 amide bonds. The lowest BCUT2D eigenvalue weighted by Gasteiger charge is -2.07. The van der Waals surface area contributed by atoms with Crippen LogP contribution in [0.25, 0.3) is 10.9 Å². The topological polar surface area (TPSA) is 52.0 Å².